The fourth-order valence-electron chi connectivity index (χ4n) is 1.78. The minimum absolute atomic E-state index is 0.0283. The predicted molar refractivity (Wildman–Crippen MR) is 89.0 cm³/mol. The van der Waals surface area contributed by atoms with Gasteiger partial charge in [-0.3, -0.25) is 4.79 Å². The zero-order valence-corrected chi connectivity index (χ0v) is 14.3. The molecule has 1 heterocycles. The first-order valence-corrected chi connectivity index (χ1v) is 8.51. The highest BCUT2D eigenvalue weighted by molar-refractivity contribution is 8.00. The molecule has 0 atom stereocenters. The number of methoxy groups -OCH3 is 2. The molecule has 0 bridgehead atoms. The molecule has 0 saturated heterocycles. The summed E-state index contributed by atoms with van der Waals surface area (Å²) in [5.74, 6) is 2.28. The number of benzene rings is 1. The second kappa shape index (κ2) is 8.05. The summed E-state index contributed by atoms with van der Waals surface area (Å²) in [6, 6.07) is 5.81. The number of hydrogen-bond donors (Lipinski definition) is 1. The SMILES string of the molecule is CNC(=O)Cc1csc(SCc2cc(OC)cc(OC)c2)n1. The molecule has 1 aromatic carbocycles. The van der Waals surface area contributed by atoms with Gasteiger partial charge in [-0.05, 0) is 17.7 Å². The molecule has 0 saturated carbocycles. The maximum absolute atomic E-state index is 11.3. The number of amides is 1. The molecule has 7 heteroatoms. The minimum atomic E-state index is -0.0283. The Balaban J connectivity index is 1.99. The smallest absolute Gasteiger partial charge is 0.225 e. The number of thioether (sulfide) groups is 1. The third-order valence-electron chi connectivity index (χ3n) is 2.92. The van der Waals surface area contributed by atoms with Crippen molar-refractivity contribution in [2.75, 3.05) is 21.3 Å². The van der Waals surface area contributed by atoms with Crippen molar-refractivity contribution in [1.82, 2.24) is 10.3 Å². The number of hydrogen-bond acceptors (Lipinski definition) is 6. The molecule has 5 nitrogen and oxygen atoms in total. The van der Waals surface area contributed by atoms with E-state index in [0.717, 1.165) is 32.8 Å². The fourth-order valence-corrected chi connectivity index (χ4v) is 3.56. The van der Waals surface area contributed by atoms with Crippen LogP contribution in [0, 0.1) is 0 Å². The summed E-state index contributed by atoms with van der Waals surface area (Å²) in [4.78, 5) is 15.8. The Labute approximate surface area is 138 Å². The van der Waals surface area contributed by atoms with Crippen LogP contribution in [0.4, 0.5) is 0 Å². The molecule has 0 aliphatic carbocycles. The number of aromatic nitrogens is 1. The highest BCUT2D eigenvalue weighted by Gasteiger charge is 2.08. The van der Waals surface area contributed by atoms with Crippen LogP contribution < -0.4 is 14.8 Å². The molecular weight excluding hydrogens is 320 g/mol. The molecule has 2 rings (SSSR count). The molecule has 0 spiro atoms. The second-order valence-electron chi connectivity index (χ2n) is 4.46. The van der Waals surface area contributed by atoms with Crippen molar-refractivity contribution in [2.24, 2.45) is 0 Å². The summed E-state index contributed by atoms with van der Waals surface area (Å²) < 4.78 is 11.5. The van der Waals surface area contributed by atoms with Gasteiger partial charge in [0.25, 0.3) is 0 Å². The number of carbonyl (C=O) groups is 1. The number of nitrogens with zero attached hydrogens (tertiary/aromatic N) is 1. The third kappa shape index (κ3) is 4.64. The summed E-state index contributed by atoms with van der Waals surface area (Å²) in [7, 11) is 4.90. The minimum Gasteiger partial charge on any atom is -0.497 e. The van der Waals surface area contributed by atoms with E-state index in [2.05, 4.69) is 10.3 Å². The topological polar surface area (TPSA) is 60.5 Å². The lowest BCUT2D eigenvalue weighted by Crippen LogP contribution is -2.19. The van der Waals surface area contributed by atoms with Gasteiger partial charge in [-0.25, -0.2) is 4.98 Å². The molecule has 0 aliphatic heterocycles. The second-order valence-corrected chi connectivity index (χ2v) is 6.54. The maximum atomic E-state index is 11.3. The van der Waals surface area contributed by atoms with E-state index in [1.807, 2.05) is 23.6 Å². The third-order valence-corrected chi connectivity index (χ3v) is 5.07. The van der Waals surface area contributed by atoms with Gasteiger partial charge < -0.3 is 14.8 Å². The van der Waals surface area contributed by atoms with Crippen LogP contribution >= 0.6 is 23.1 Å². The van der Waals surface area contributed by atoms with Crippen molar-refractivity contribution in [3.05, 3.63) is 34.8 Å². The van der Waals surface area contributed by atoms with Crippen LogP contribution in [0.25, 0.3) is 0 Å². The Kier molecular flexibility index (Phi) is 6.09. The standard InChI is InChI=1S/C15H18N2O3S2/c1-16-14(18)6-11-9-22-15(17-11)21-8-10-4-12(19-2)7-13(5-10)20-3/h4-5,7,9H,6,8H2,1-3H3,(H,16,18). The van der Waals surface area contributed by atoms with Crippen LogP contribution in [0.3, 0.4) is 0 Å². The average Bonchev–Trinajstić information content (AvgIpc) is 2.99. The van der Waals surface area contributed by atoms with Crippen molar-refractivity contribution < 1.29 is 14.3 Å². The molecule has 0 fully saturated rings. The monoisotopic (exact) mass is 338 g/mol. The van der Waals surface area contributed by atoms with Crippen LogP contribution in [-0.2, 0) is 17.0 Å². The molecule has 118 valence electrons. The normalized spacial score (nSPS) is 10.3. The highest BCUT2D eigenvalue weighted by atomic mass is 32.2. The number of likely N-dealkylation sites (N-methyl/N-ethyl adjacent to an activating group) is 1. The largest absolute Gasteiger partial charge is 0.497 e. The molecule has 22 heavy (non-hydrogen) atoms. The van der Waals surface area contributed by atoms with E-state index in [1.165, 1.54) is 0 Å². The number of thiazole rings is 1. The molecule has 1 aromatic heterocycles. The van der Waals surface area contributed by atoms with E-state index in [4.69, 9.17) is 9.47 Å². The van der Waals surface area contributed by atoms with Gasteiger partial charge in [0.05, 0.1) is 26.3 Å². The maximum Gasteiger partial charge on any atom is 0.225 e. The van der Waals surface area contributed by atoms with E-state index in [1.54, 1.807) is 44.4 Å². The Hall–Kier alpha value is -1.73. The van der Waals surface area contributed by atoms with Crippen LogP contribution in [0.15, 0.2) is 27.9 Å². The van der Waals surface area contributed by atoms with Crippen LogP contribution in [0.5, 0.6) is 11.5 Å². The lowest BCUT2D eigenvalue weighted by atomic mass is 10.2. The number of ether oxygens (including phenoxy) is 2. The van der Waals surface area contributed by atoms with Crippen molar-refractivity contribution in [2.45, 2.75) is 16.5 Å². The first-order valence-electron chi connectivity index (χ1n) is 6.64. The Morgan fingerprint density at radius 3 is 2.55 bits per heavy atom. The van der Waals surface area contributed by atoms with Gasteiger partial charge >= 0.3 is 0 Å². The van der Waals surface area contributed by atoms with E-state index < -0.39 is 0 Å². The highest BCUT2D eigenvalue weighted by Crippen LogP contribution is 2.30. The van der Waals surface area contributed by atoms with E-state index >= 15 is 0 Å². The molecule has 0 unspecified atom stereocenters. The van der Waals surface area contributed by atoms with Gasteiger partial charge in [-0.2, -0.15) is 0 Å². The molecule has 1 amide bonds. The number of carbonyl (C=O) groups excluding carboxylic acids is 1. The first kappa shape index (κ1) is 16.6. The molecular formula is C15H18N2O3S2. The summed E-state index contributed by atoms with van der Waals surface area (Å²) in [5, 5.41) is 4.52. The average molecular weight is 338 g/mol. The van der Waals surface area contributed by atoms with Gasteiger partial charge in [0.1, 0.15) is 15.8 Å². The zero-order chi connectivity index (χ0) is 15.9. The molecule has 0 aliphatic rings. The van der Waals surface area contributed by atoms with Crippen LogP contribution in [0.1, 0.15) is 11.3 Å². The lowest BCUT2D eigenvalue weighted by Gasteiger charge is -2.07. The fraction of sp³-hybridized carbons (Fsp3) is 0.333. The van der Waals surface area contributed by atoms with E-state index in [0.29, 0.717) is 6.42 Å². The van der Waals surface area contributed by atoms with Gasteiger partial charge in [-0.15, -0.1) is 11.3 Å². The Morgan fingerprint density at radius 1 is 1.27 bits per heavy atom. The summed E-state index contributed by atoms with van der Waals surface area (Å²) in [5.41, 5.74) is 1.90. The van der Waals surface area contributed by atoms with Gasteiger partial charge in [0.2, 0.25) is 5.91 Å². The van der Waals surface area contributed by atoms with Crippen molar-refractivity contribution in [1.29, 1.82) is 0 Å². The van der Waals surface area contributed by atoms with Crippen molar-refractivity contribution >= 4 is 29.0 Å². The quantitative estimate of drug-likeness (QED) is 0.787. The first-order chi connectivity index (χ1) is 10.6. The van der Waals surface area contributed by atoms with Gasteiger partial charge in [0, 0.05) is 24.2 Å². The van der Waals surface area contributed by atoms with E-state index in [9.17, 15) is 4.79 Å². The predicted octanol–water partition coefficient (Wildman–Crippen LogP) is 2.74. The summed E-state index contributed by atoms with van der Waals surface area (Å²) >= 11 is 3.18. The lowest BCUT2D eigenvalue weighted by molar-refractivity contribution is -0.120. The van der Waals surface area contributed by atoms with Crippen molar-refractivity contribution in [3.63, 3.8) is 0 Å². The molecule has 2 aromatic rings. The molecule has 1 N–H and O–H groups in total. The van der Waals surface area contributed by atoms with Gasteiger partial charge in [0.15, 0.2) is 0 Å². The van der Waals surface area contributed by atoms with Gasteiger partial charge in [-0.1, -0.05) is 11.8 Å². The Bertz CT molecular complexity index is 621. The van der Waals surface area contributed by atoms with Crippen LogP contribution in [-0.4, -0.2) is 32.2 Å². The summed E-state index contributed by atoms with van der Waals surface area (Å²) in [6.07, 6.45) is 0.320. The zero-order valence-electron chi connectivity index (χ0n) is 12.7. The molecule has 0 radical (unpaired) electrons. The summed E-state index contributed by atoms with van der Waals surface area (Å²) in [6.45, 7) is 0. The Morgan fingerprint density at radius 2 is 1.95 bits per heavy atom. The number of rotatable bonds is 7. The van der Waals surface area contributed by atoms with E-state index in [-0.39, 0.29) is 5.91 Å². The van der Waals surface area contributed by atoms with Crippen molar-refractivity contribution in [3.8, 4) is 11.5 Å². The number of nitrogens with one attached hydrogen (secondary N) is 1. The van der Waals surface area contributed by atoms with Crippen LogP contribution in [0.2, 0.25) is 0 Å².